The summed E-state index contributed by atoms with van der Waals surface area (Å²) in [6.07, 6.45) is 0.806. The molecular formula is C13H20F3N3. The van der Waals surface area contributed by atoms with Gasteiger partial charge in [0.1, 0.15) is 0 Å². The van der Waals surface area contributed by atoms with E-state index in [2.05, 4.69) is 5.32 Å². The third-order valence-electron chi connectivity index (χ3n) is 3.90. The van der Waals surface area contributed by atoms with Crippen LogP contribution in [-0.4, -0.2) is 42.8 Å². The van der Waals surface area contributed by atoms with Crippen molar-refractivity contribution >= 4 is 0 Å². The molecule has 1 saturated carbocycles. The van der Waals surface area contributed by atoms with Crippen LogP contribution in [-0.2, 0) is 0 Å². The molecule has 0 amide bonds. The molecule has 2 rings (SSSR count). The second kappa shape index (κ2) is 6.10. The first kappa shape index (κ1) is 14.6. The Balaban J connectivity index is 1.90. The lowest BCUT2D eigenvalue weighted by molar-refractivity contribution is -0.163. The summed E-state index contributed by atoms with van der Waals surface area (Å²) < 4.78 is 38.0. The lowest BCUT2D eigenvalue weighted by atomic mass is 10.0. The molecule has 2 unspecified atom stereocenters. The molecule has 19 heavy (non-hydrogen) atoms. The highest BCUT2D eigenvalue weighted by atomic mass is 19.4. The fourth-order valence-electron chi connectivity index (χ4n) is 2.63. The van der Waals surface area contributed by atoms with Gasteiger partial charge in [0.15, 0.2) is 5.92 Å². The van der Waals surface area contributed by atoms with Crippen LogP contribution in [0.4, 0.5) is 13.2 Å². The molecule has 2 atom stereocenters. The number of alkyl halides is 3. The second-order valence-electron chi connectivity index (χ2n) is 5.56. The minimum atomic E-state index is -4.41. The third-order valence-corrected chi connectivity index (χ3v) is 3.90. The molecule has 0 radical (unpaired) electrons. The monoisotopic (exact) mass is 275 g/mol. The Morgan fingerprint density at radius 2 is 2.00 bits per heavy atom. The molecule has 2 aliphatic rings. The van der Waals surface area contributed by atoms with Gasteiger partial charge in [-0.05, 0) is 32.2 Å². The summed E-state index contributed by atoms with van der Waals surface area (Å²) in [5.41, 5.74) is 0. The Kier molecular flexibility index (Phi) is 4.69. The lowest BCUT2D eigenvalue weighted by Gasteiger charge is -2.32. The van der Waals surface area contributed by atoms with E-state index in [0.29, 0.717) is 6.54 Å². The normalized spacial score (nSPS) is 26.2. The zero-order valence-corrected chi connectivity index (χ0v) is 10.9. The molecule has 1 aliphatic heterocycles. The summed E-state index contributed by atoms with van der Waals surface area (Å²) in [4.78, 5) is 1.87. The van der Waals surface area contributed by atoms with Gasteiger partial charge in [-0.1, -0.05) is 6.42 Å². The van der Waals surface area contributed by atoms with Crippen LogP contribution in [0.5, 0.6) is 0 Å². The fraction of sp³-hybridized carbons (Fsp3) is 0.923. The Hall–Kier alpha value is -0.800. The molecule has 1 saturated heterocycles. The molecule has 1 aliphatic carbocycles. The van der Waals surface area contributed by atoms with E-state index in [1.54, 1.807) is 0 Å². The van der Waals surface area contributed by atoms with Crippen molar-refractivity contribution in [2.45, 2.75) is 50.4 Å². The summed E-state index contributed by atoms with van der Waals surface area (Å²) in [7, 11) is 0. The average molecular weight is 275 g/mol. The van der Waals surface area contributed by atoms with Gasteiger partial charge in [-0.2, -0.15) is 18.4 Å². The van der Waals surface area contributed by atoms with Gasteiger partial charge < -0.3 is 5.32 Å². The van der Waals surface area contributed by atoms with E-state index in [1.165, 1.54) is 6.07 Å². The third kappa shape index (κ3) is 4.36. The minimum absolute atomic E-state index is 0.178. The quantitative estimate of drug-likeness (QED) is 0.836. The van der Waals surface area contributed by atoms with Gasteiger partial charge in [0.05, 0.1) is 6.07 Å². The summed E-state index contributed by atoms with van der Waals surface area (Å²) in [6, 6.07) is 1.94. The van der Waals surface area contributed by atoms with Crippen molar-refractivity contribution in [1.29, 1.82) is 5.26 Å². The number of nitriles is 1. The number of halogens is 3. The topological polar surface area (TPSA) is 39.1 Å². The van der Waals surface area contributed by atoms with E-state index in [0.717, 1.165) is 38.6 Å². The Morgan fingerprint density at radius 3 is 2.47 bits per heavy atom. The second-order valence-corrected chi connectivity index (χ2v) is 5.56. The lowest BCUT2D eigenvalue weighted by Crippen LogP contribution is -2.47. The van der Waals surface area contributed by atoms with Crippen LogP contribution in [0.25, 0.3) is 0 Å². The van der Waals surface area contributed by atoms with Crippen molar-refractivity contribution in [1.82, 2.24) is 10.2 Å². The highest BCUT2D eigenvalue weighted by molar-refractivity contribution is 4.95. The number of hydrogen-bond acceptors (Lipinski definition) is 3. The van der Waals surface area contributed by atoms with Gasteiger partial charge in [-0.15, -0.1) is 0 Å². The number of hydrogen-bond donors (Lipinski definition) is 1. The highest BCUT2D eigenvalue weighted by Crippen LogP contribution is 2.32. The van der Waals surface area contributed by atoms with E-state index >= 15 is 0 Å². The number of nitrogens with zero attached hydrogens (tertiary/aromatic N) is 2. The average Bonchev–Trinajstić information content (AvgIpc) is 3.18. The van der Waals surface area contributed by atoms with E-state index < -0.39 is 12.1 Å². The van der Waals surface area contributed by atoms with Crippen LogP contribution >= 0.6 is 0 Å². The van der Waals surface area contributed by atoms with Crippen molar-refractivity contribution in [2.75, 3.05) is 19.6 Å². The van der Waals surface area contributed by atoms with Crippen molar-refractivity contribution < 1.29 is 13.2 Å². The highest BCUT2D eigenvalue weighted by Gasteiger charge is 2.43. The van der Waals surface area contributed by atoms with Crippen LogP contribution in [0, 0.1) is 17.2 Å². The molecule has 0 aromatic carbocycles. The Bertz CT molecular complexity index is 327. The predicted molar refractivity (Wildman–Crippen MR) is 65.4 cm³/mol. The van der Waals surface area contributed by atoms with Crippen LogP contribution in [0.3, 0.4) is 0 Å². The molecule has 108 valence electrons. The molecule has 3 nitrogen and oxygen atoms in total. The molecular weight excluding hydrogens is 255 g/mol. The molecule has 0 aromatic rings. The first-order valence-corrected chi connectivity index (χ1v) is 6.94. The summed E-state index contributed by atoms with van der Waals surface area (Å²) in [6.45, 7) is 1.41. The Morgan fingerprint density at radius 1 is 1.26 bits per heavy atom. The number of rotatable bonds is 5. The molecule has 1 heterocycles. The summed E-state index contributed by atoms with van der Waals surface area (Å²) in [5.74, 6) is -1.86. The van der Waals surface area contributed by atoms with Gasteiger partial charge in [0.2, 0.25) is 0 Å². The number of nitrogens with one attached hydrogen (secondary N) is 1. The van der Waals surface area contributed by atoms with Gasteiger partial charge in [0, 0.05) is 25.2 Å². The van der Waals surface area contributed by atoms with Gasteiger partial charge >= 0.3 is 6.18 Å². The molecule has 6 heteroatoms. The zero-order valence-electron chi connectivity index (χ0n) is 10.9. The summed E-state index contributed by atoms with van der Waals surface area (Å²) >= 11 is 0. The maximum absolute atomic E-state index is 12.7. The Labute approximate surface area is 111 Å². The predicted octanol–water partition coefficient (Wildman–Crippen LogP) is 2.29. The van der Waals surface area contributed by atoms with E-state index in [9.17, 15) is 13.2 Å². The van der Waals surface area contributed by atoms with Gasteiger partial charge in [-0.3, -0.25) is 4.90 Å². The molecule has 1 N–H and O–H groups in total. The van der Waals surface area contributed by atoms with E-state index in [1.807, 2.05) is 4.90 Å². The fourth-order valence-corrected chi connectivity index (χ4v) is 2.63. The minimum Gasteiger partial charge on any atom is -0.313 e. The standard InChI is InChI=1S/C13H20F3N3/c14-13(15,16)10(7-17)8-19(12-4-5-12)9-11-3-1-2-6-18-11/h10-12,18H,1-6,8-9H2. The smallest absolute Gasteiger partial charge is 0.313 e. The molecule has 0 bridgehead atoms. The van der Waals surface area contributed by atoms with E-state index in [4.69, 9.17) is 5.26 Å². The maximum atomic E-state index is 12.7. The SMILES string of the molecule is N#CC(CN(CC1CCCCN1)C1CC1)C(F)(F)F. The first-order valence-electron chi connectivity index (χ1n) is 6.94. The number of piperidine rings is 1. The van der Waals surface area contributed by atoms with Crippen LogP contribution in [0.2, 0.25) is 0 Å². The van der Waals surface area contributed by atoms with Gasteiger partial charge in [0.25, 0.3) is 0 Å². The maximum Gasteiger partial charge on any atom is 0.405 e. The summed E-state index contributed by atoms with van der Waals surface area (Å²) in [5, 5.41) is 12.1. The zero-order chi connectivity index (χ0) is 13.9. The van der Waals surface area contributed by atoms with Crippen LogP contribution in [0.15, 0.2) is 0 Å². The van der Waals surface area contributed by atoms with Crippen molar-refractivity contribution in [3.63, 3.8) is 0 Å². The molecule has 0 aromatic heterocycles. The van der Waals surface area contributed by atoms with Gasteiger partial charge in [-0.25, -0.2) is 0 Å². The van der Waals surface area contributed by atoms with Crippen molar-refractivity contribution in [2.24, 2.45) is 5.92 Å². The van der Waals surface area contributed by atoms with Crippen LogP contribution in [0.1, 0.15) is 32.1 Å². The largest absolute Gasteiger partial charge is 0.405 e. The van der Waals surface area contributed by atoms with Crippen LogP contribution < -0.4 is 5.32 Å². The molecule has 0 spiro atoms. The van der Waals surface area contributed by atoms with Crippen molar-refractivity contribution in [3.05, 3.63) is 0 Å². The molecule has 2 fully saturated rings. The first-order chi connectivity index (χ1) is 9.00. The van der Waals surface area contributed by atoms with E-state index in [-0.39, 0.29) is 18.6 Å². The van der Waals surface area contributed by atoms with Crippen molar-refractivity contribution in [3.8, 4) is 6.07 Å².